The lowest BCUT2D eigenvalue weighted by atomic mass is 10.1. The van der Waals surface area contributed by atoms with Gasteiger partial charge in [-0.1, -0.05) is 0 Å². The Labute approximate surface area is 139 Å². The highest BCUT2D eigenvalue weighted by Crippen LogP contribution is 2.22. The molecule has 0 spiro atoms. The first kappa shape index (κ1) is 16.4. The van der Waals surface area contributed by atoms with Gasteiger partial charge in [-0.15, -0.1) is 0 Å². The van der Waals surface area contributed by atoms with Gasteiger partial charge in [-0.2, -0.15) is 0 Å². The Morgan fingerprint density at radius 1 is 1.38 bits per heavy atom. The summed E-state index contributed by atoms with van der Waals surface area (Å²) in [5.41, 5.74) is 1.57. The number of carboxylic acid groups (broad SMARTS) is 1. The first-order valence-corrected chi connectivity index (χ1v) is 7.88. The zero-order valence-corrected chi connectivity index (χ0v) is 13.3. The summed E-state index contributed by atoms with van der Waals surface area (Å²) in [5.74, 6) is -0.469. The molecular weight excluding hydrogens is 312 g/mol. The molecule has 2 aliphatic heterocycles. The van der Waals surface area contributed by atoms with E-state index in [-0.39, 0.29) is 6.03 Å². The van der Waals surface area contributed by atoms with E-state index >= 15 is 0 Å². The Hall–Kier alpha value is -2.45. The smallest absolute Gasteiger partial charge is 0.328 e. The molecule has 0 radical (unpaired) electrons. The summed E-state index contributed by atoms with van der Waals surface area (Å²) in [6, 6.07) is 1.69. The molecule has 3 heterocycles. The van der Waals surface area contributed by atoms with Crippen molar-refractivity contribution in [2.24, 2.45) is 0 Å². The maximum absolute atomic E-state index is 12.2. The number of pyridine rings is 1. The molecule has 2 N–H and O–H groups in total. The predicted octanol–water partition coefficient (Wildman–Crippen LogP) is 0.859. The molecule has 8 heteroatoms. The minimum absolute atomic E-state index is 0.155. The highest BCUT2D eigenvalue weighted by atomic mass is 16.5. The second kappa shape index (κ2) is 7.41. The van der Waals surface area contributed by atoms with Gasteiger partial charge in [0.15, 0.2) is 0 Å². The van der Waals surface area contributed by atoms with Crippen LogP contribution >= 0.6 is 0 Å². The molecule has 1 saturated heterocycles. The van der Waals surface area contributed by atoms with Crippen molar-refractivity contribution < 1.29 is 19.4 Å². The van der Waals surface area contributed by atoms with E-state index in [4.69, 9.17) is 9.84 Å². The quantitative estimate of drug-likeness (QED) is 0.777. The molecule has 128 valence electrons. The van der Waals surface area contributed by atoms with Gasteiger partial charge in [0, 0.05) is 44.0 Å². The van der Waals surface area contributed by atoms with Gasteiger partial charge in [-0.05, 0) is 17.7 Å². The van der Waals surface area contributed by atoms with E-state index in [0.29, 0.717) is 24.5 Å². The van der Waals surface area contributed by atoms with Crippen LogP contribution in [0.15, 0.2) is 18.3 Å². The maximum Gasteiger partial charge on any atom is 0.328 e. The topological polar surface area (TPSA) is 95.0 Å². The number of amides is 2. The van der Waals surface area contributed by atoms with E-state index in [1.165, 1.54) is 6.08 Å². The molecule has 0 bridgehead atoms. The number of hydrogen-bond acceptors (Lipinski definition) is 5. The molecule has 0 unspecified atom stereocenters. The number of rotatable bonds is 5. The number of morpholine rings is 1. The summed E-state index contributed by atoms with van der Waals surface area (Å²) in [6.07, 6.45) is 4.10. The van der Waals surface area contributed by atoms with Crippen molar-refractivity contribution >= 4 is 23.9 Å². The minimum atomic E-state index is -1.01. The zero-order chi connectivity index (χ0) is 16.9. The van der Waals surface area contributed by atoms with Crippen LogP contribution in [0.4, 0.5) is 10.6 Å². The molecule has 1 aromatic rings. The van der Waals surface area contributed by atoms with Crippen molar-refractivity contribution in [3.8, 4) is 0 Å². The Kier molecular flexibility index (Phi) is 5.07. The van der Waals surface area contributed by atoms with Gasteiger partial charge in [0.2, 0.25) is 0 Å². The van der Waals surface area contributed by atoms with Gasteiger partial charge in [0.25, 0.3) is 0 Å². The Bertz CT molecular complexity index is 655. The lowest BCUT2D eigenvalue weighted by Gasteiger charge is -2.32. The summed E-state index contributed by atoms with van der Waals surface area (Å²) in [6.45, 7) is 5.14. The Morgan fingerprint density at radius 2 is 2.17 bits per heavy atom. The highest BCUT2D eigenvalue weighted by molar-refractivity contribution is 5.91. The van der Waals surface area contributed by atoms with Gasteiger partial charge in [-0.3, -0.25) is 10.2 Å². The first-order chi connectivity index (χ1) is 11.6. The van der Waals surface area contributed by atoms with E-state index in [1.807, 2.05) is 6.07 Å². The summed E-state index contributed by atoms with van der Waals surface area (Å²) >= 11 is 0. The number of nitrogens with zero attached hydrogens (tertiary/aromatic N) is 3. The van der Waals surface area contributed by atoms with Crippen molar-refractivity contribution in [3.05, 3.63) is 29.5 Å². The molecular formula is C16H20N4O4. The lowest BCUT2D eigenvalue weighted by Crippen LogP contribution is -2.45. The van der Waals surface area contributed by atoms with Crippen molar-refractivity contribution in [1.82, 2.24) is 14.8 Å². The molecule has 3 rings (SSSR count). The largest absolute Gasteiger partial charge is 0.478 e. The maximum atomic E-state index is 12.2. The number of fused-ring (bicyclic) bond motifs is 1. The van der Waals surface area contributed by atoms with Crippen molar-refractivity contribution in [2.45, 2.75) is 6.54 Å². The number of urea groups is 1. The normalized spacial score (nSPS) is 18.5. The highest BCUT2D eigenvalue weighted by Gasteiger charge is 2.24. The Balaban J connectivity index is 1.64. The van der Waals surface area contributed by atoms with Crippen molar-refractivity contribution in [3.63, 3.8) is 0 Å². The number of hydrogen-bond donors (Lipinski definition) is 2. The third kappa shape index (κ3) is 4.09. The number of aliphatic carboxylic acids is 1. The molecule has 0 atom stereocenters. The lowest BCUT2D eigenvalue weighted by molar-refractivity contribution is -0.131. The van der Waals surface area contributed by atoms with Crippen LogP contribution < -0.4 is 5.32 Å². The minimum Gasteiger partial charge on any atom is -0.478 e. The number of carboxylic acids is 1. The van der Waals surface area contributed by atoms with E-state index in [9.17, 15) is 9.59 Å². The SMILES string of the molecule is O=C(O)/C=C/c1cnc2c(c1)CN(CCN1CCOCC1)C(=O)N2. The second-order valence-corrected chi connectivity index (χ2v) is 5.75. The standard InChI is InChI=1S/C16H20N4O4/c21-14(22)2-1-12-9-13-11-20(16(23)18-15(13)17-10-12)4-3-19-5-7-24-8-6-19/h1-2,9-10H,3-8,11H2,(H,21,22)(H,17,18,23)/b2-1+. The molecule has 24 heavy (non-hydrogen) atoms. The summed E-state index contributed by atoms with van der Waals surface area (Å²) in [4.78, 5) is 31.0. The number of anilines is 1. The number of carbonyl (C=O) groups is 2. The molecule has 1 aromatic heterocycles. The summed E-state index contributed by atoms with van der Waals surface area (Å²) < 4.78 is 5.32. The van der Waals surface area contributed by atoms with Crippen LogP contribution in [-0.4, -0.2) is 71.3 Å². The van der Waals surface area contributed by atoms with E-state index in [1.54, 1.807) is 11.1 Å². The fourth-order valence-electron chi connectivity index (χ4n) is 2.75. The van der Waals surface area contributed by atoms with Crippen molar-refractivity contribution in [1.29, 1.82) is 0 Å². The molecule has 0 aromatic carbocycles. The number of ether oxygens (including phenoxy) is 1. The third-order valence-electron chi connectivity index (χ3n) is 4.07. The first-order valence-electron chi connectivity index (χ1n) is 7.88. The van der Waals surface area contributed by atoms with Crippen LogP contribution in [0.25, 0.3) is 6.08 Å². The predicted molar refractivity (Wildman–Crippen MR) is 87.6 cm³/mol. The van der Waals surface area contributed by atoms with Crippen LogP contribution in [0.2, 0.25) is 0 Å². The fraction of sp³-hybridized carbons (Fsp3) is 0.438. The van der Waals surface area contributed by atoms with E-state index in [2.05, 4.69) is 15.2 Å². The third-order valence-corrected chi connectivity index (χ3v) is 4.07. The van der Waals surface area contributed by atoms with Gasteiger partial charge in [0.1, 0.15) is 5.82 Å². The van der Waals surface area contributed by atoms with Gasteiger partial charge < -0.3 is 14.7 Å². The van der Waals surface area contributed by atoms with Crippen LogP contribution in [0.5, 0.6) is 0 Å². The van der Waals surface area contributed by atoms with Gasteiger partial charge in [-0.25, -0.2) is 14.6 Å². The molecule has 8 nitrogen and oxygen atoms in total. The fourth-order valence-corrected chi connectivity index (χ4v) is 2.75. The van der Waals surface area contributed by atoms with Gasteiger partial charge in [0.05, 0.1) is 19.8 Å². The molecule has 0 saturated carbocycles. The zero-order valence-electron chi connectivity index (χ0n) is 13.3. The molecule has 0 aliphatic carbocycles. The van der Waals surface area contributed by atoms with Crippen molar-refractivity contribution in [2.75, 3.05) is 44.7 Å². The number of nitrogens with one attached hydrogen (secondary N) is 1. The monoisotopic (exact) mass is 332 g/mol. The second-order valence-electron chi connectivity index (χ2n) is 5.75. The average Bonchev–Trinajstić information content (AvgIpc) is 2.59. The van der Waals surface area contributed by atoms with Gasteiger partial charge >= 0.3 is 12.0 Å². The summed E-state index contributed by atoms with van der Waals surface area (Å²) in [5, 5.41) is 11.5. The molecule has 1 fully saturated rings. The summed E-state index contributed by atoms with van der Waals surface area (Å²) in [7, 11) is 0. The average molecular weight is 332 g/mol. The molecule has 2 amide bonds. The number of aromatic nitrogens is 1. The van der Waals surface area contributed by atoms with Crippen LogP contribution in [0.3, 0.4) is 0 Å². The number of carbonyl (C=O) groups excluding carboxylic acids is 1. The van der Waals surface area contributed by atoms with E-state index in [0.717, 1.165) is 44.5 Å². The van der Waals surface area contributed by atoms with Crippen LogP contribution in [0, 0.1) is 0 Å². The van der Waals surface area contributed by atoms with Crippen LogP contribution in [0.1, 0.15) is 11.1 Å². The molecule has 2 aliphatic rings. The Morgan fingerprint density at radius 3 is 2.92 bits per heavy atom. The van der Waals surface area contributed by atoms with Crippen LogP contribution in [-0.2, 0) is 16.1 Å². The van der Waals surface area contributed by atoms with E-state index < -0.39 is 5.97 Å².